The van der Waals surface area contributed by atoms with E-state index >= 15 is 0 Å². The molecule has 0 spiro atoms. The number of halogens is 2. The average molecular weight is 292 g/mol. The molecule has 0 bridgehead atoms. The van der Waals surface area contributed by atoms with Gasteiger partial charge in [0.2, 0.25) is 0 Å². The summed E-state index contributed by atoms with van der Waals surface area (Å²) in [6.07, 6.45) is 0.499. The van der Waals surface area contributed by atoms with Gasteiger partial charge in [0.25, 0.3) is 0 Å². The molecule has 4 heteroatoms. The minimum Gasteiger partial charge on any atom is -0.485 e. The zero-order valence-electron chi connectivity index (χ0n) is 11.1. The second-order valence-corrected chi connectivity index (χ2v) is 5.57. The smallest absolute Gasteiger partial charge is 0.126 e. The quantitative estimate of drug-likeness (QED) is 0.849. The highest BCUT2D eigenvalue weighted by atomic mass is 35.5. The van der Waals surface area contributed by atoms with Crippen LogP contribution in [0.15, 0.2) is 36.4 Å². The number of rotatable bonds is 1. The van der Waals surface area contributed by atoms with Crippen molar-refractivity contribution in [2.24, 2.45) is 5.73 Å². The van der Waals surface area contributed by atoms with Gasteiger partial charge in [0.1, 0.15) is 17.7 Å². The highest BCUT2D eigenvalue weighted by molar-refractivity contribution is 6.30. The van der Waals surface area contributed by atoms with Crippen LogP contribution in [0.25, 0.3) is 0 Å². The van der Waals surface area contributed by atoms with Gasteiger partial charge in [-0.25, -0.2) is 4.39 Å². The fourth-order valence-electron chi connectivity index (χ4n) is 2.67. The number of benzene rings is 2. The molecule has 1 aliphatic heterocycles. The topological polar surface area (TPSA) is 35.2 Å². The molecule has 0 saturated carbocycles. The summed E-state index contributed by atoms with van der Waals surface area (Å²) in [6, 6.07) is 9.97. The van der Waals surface area contributed by atoms with Crippen molar-refractivity contribution in [2.45, 2.75) is 25.5 Å². The Morgan fingerprint density at radius 3 is 2.75 bits per heavy atom. The summed E-state index contributed by atoms with van der Waals surface area (Å²) in [7, 11) is 0. The predicted octanol–water partition coefficient (Wildman–Crippen LogP) is 4.31. The van der Waals surface area contributed by atoms with E-state index in [1.165, 1.54) is 12.1 Å². The molecule has 104 valence electrons. The van der Waals surface area contributed by atoms with E-state index in [4.69, 9.17) is 22.1 Å². The lowest BCUT2D eigenvalue weighted by Gasteiger charge is -2.31. The maximum Gasteiger partial charge on any atom is 0.126 e. The molecule has 1 aliphatic rings. The van der Waals surface area contributed by atoms with Gasteiger partial charge < -0.3 is 10.5 Å². The molecule has 0 radical (unpaired) electrons. The van der Waals surface area contributed by atoms with Gasteiger partial charge in [0, 0.05) is 23.0 Å². The Morgan fingerprint density at radius 1 is 1.20 bits per heavy atom. The summed E-state index contributed by atoms with van der Waals surface area (Å²) in [4.78, 5) is 0. The predicted molar refractivity (Wildman–Crippen MR) is 77.5 cm³/mol. The maximum absolute atomic E-state index is 13.3. The van der Waals surface area contributed by atoms with Crippen LogP contribution in [0.5, 0.6) is 5.75 Å². The Hall–Kier alpha value is -1.58. The average Bonchev–Trinajstić information content (AvgIpc) is 2.39. The number of aryl methyl sites for hydroxylation is 1. The third kappa shape index (κ3) is 2.39. The third-order valence-electron chi connectivity index (χ3n) is 3.69. The van der Waals surface area contributed by atoms with E-state index in [0.717, 1.165) is 16.7 Å². The monoisotopic (exact) mass is 291 g/mol. The summed E-state index contributed by atoms with van der Waals surface area (Å²) in [5, 5.41) is 0.703. The van der Waals surface area contributed by atoms with Gasteiger partial charge in [-0.1, -0.05) is 17.7 Å². The molecule has 0 saturated heterocycles. The van der Waals surface area contributed by atoms with Gasteiger partial charge >= 0.3 is 0 Å². The van der Waals surface area contributed by atoms with Gasteiger partial charge in [-0.2, -0.15) is 0 Å². The second-order valence-electron chi connectivity index (χ2n) is 5.13. The van der Waals surface area contributed by atoms with Crippen LogP contribution in [0.2, 0.25) is 5.02 Å². The molecule has 2 aromatic carbocycles. The Kier molecular flexibility index (Phi) is 3.40. The summed E-state index contributed by atoms with van der Waals surface area (Å²) in [5.41, 5.74) is 9.02. The number of nitrogens with two attached hydrogens (primary N) is 1. The van der Waals surface area contributed by atoms with Crippen molar-refractivity contribution in [1.82, 2.24) is 0 Å². The van der Waals surface area contributed by atoms with Crippen LogP contribution in [-0.2, 0) is 0 Å². The molecule has 2 atom stereocenters. The normalized spacial score (nSPS) is 21.2. The number of ether oxygens (including phenoxy) is 1. The molecule has 0 aliphatic carbocycles. The van der Waals surface area contributed by atoms with Crippen molar-refractivity contribution < 1.29 is 9.13 Å². The van der Waals surface area contributed by atoms with Crippen molar-refractivity contribution in [2.75, 3.05) is 0 Å². The van der Waals surface area contributed by atoms with Crippen LogP contribution in [0.1, 0.15) is 35.3 Å². The van der Waals surface area contributed by atoms with Crippen molar-refractivity contribution in [3.05, 3.63) is 63.9 Å². The van der Waals surface area contributed by atoms with Crippen molar-refractivity contribution in [1.29, 1.82) is 0 Å². The first-order valence-corrected chi connectivity index (χ1v) is 6.90. The third-order valence-corrected chi connectivity index (χ3v) is 3.92. The second kappa shape index (κ2) is 5.08. The van der Waals surface area contributed by atoms with Crippen molar-refractivity contribution in [3.8, 4) is 5.75 Å². The molecule has 2 N–H and O–H groups in total. The maximum atomic E-state index is 13.3. The van der Waals surface area contributed by atoms with Crippen LogP contribution < -0.4 is 10.5 Å². The molecule has 0 amide bonds. The standard InChI is InChI=1S/C16H15ClFNO/c1-9-6-10(17)2-4-12(9)16-8-14(19)13-7-11(18)3-5-15(13)20-16/h2-7,14,16H,8,19H2,1H3/t14-,16?/m1/s1. The van der Waals surface area contributed by atoms with E-state index in [1.54, 1.807) is 6.07 Å². The number of hydrogen-bond donors (Lipinski definition) is 1. The Bertz CT molecular complexity index is 659. The molecule has 0 aromatic heterocycles. The largest absolute Gasteiger partial charge is 0.485 e. The lowest BCUT2D eigenvalue weighted by Crippen LogP contribution is -2.24. The summed E-state index contributed by atoms with van der Waals surface area (Å²) in [6.45, 7) is 2.00. The SMILES string of the molecule is Cc1cc(Cl)ccc1C1C[C@@H](N)c2cc(F)ccc2O1. The van der Waals surface area contributed by atoms with Gasteiger partial charge in [-0.3, -0.25) is 0 Å². The molecule has 1 unspecified atom stereocenters. The van der Waals surface area contributed by atoms with E-state index < -0.39 is 0 Å². The van der Waals surface area contributed by atoms with Crippen molar-refractivity contribution >= 4 is 11.6 Å². The van der Waals surface area contributed by atoms with E-state index in [-0.39, 0.29) is 18.0 Å². The van der Waals surface area contributed by atoms with Gasteiger partial charge in [-0.15, -0.1) is 0 Å². The lowest BCUT2D eigenvalue weighted by atomic mass is 9.91. The molecule has 1 heterocycles. The molecule has 2 nitrogen and oxygen atoms in total. The van der Waals surface area contributed by atoms with E-state index in [1.807, 2.05) is 25.1 Å². The highest BCUT2D eigenvalue weighted by Crippen LogP contribution is 2.40. The van der Waals surface area contributed by atoms with E-state index in [9.17, 15) is 4.39 Å². The summed E-state index contributed by atoms with van der Waals surface area (Å²) in [5.74, 6) is 0.369. The summed E-state index contributed by atoms with van der Waals surface area (Å²) >= 11 is 5.98. The van der Waals surface area contributed by atoms with E-state index in [2.05, 4.69) is 0 Å². The van der Waals surface area contributed by atoms with Crippen LogP contribution in [-0.4, -0.2) is 0 Å². The Labute approximate surface area is 122 Å². The van der Waals surface area contributed by atoms with E-state index in [0.29, 0.717) is 17.2 Å². The number of fused-ring (bicyclic) bond motifs is 1. The molecule has 2 aromatic rings. The fraction of sp³-hybridized carbons (Fsp3) is 0.250. The molecular weight excluding hydrogens is 277 g/mol. The minimum absolute atomic E-state index is 0.125. The molecule has 20 heavy (non-hydrogen) atoms. The number of hydrogen-bond acceptors (Lipinski definition) is 2. The fourth-order valence-corrected chi connectivity index (χ4v) is 2.89. The highest BCUT2D eigenvalue weighted by Gasteiger charge is 2.28. The van der Waals surface area contributed by atoms with Gasteiger partial charge in [0.05, 0.1) is 0 Å². The Balaban J connectivity index is 1.97. The van der Waals surface area contributed by atoms with Crippen LogP contribution in [0.3, 0.4) is 0 Å². The van der Waals surface area contributed by atoms with Gasteiger partial charge in [-0.05, 0) is 48.4 Å². The molecular formula is C16H15ClFNO. The zero-order valence-corrected chi connectivity index (χ0v) is 11.8. The lowest BCUT2D eigenvalue weighted by molar-refractivity contribution is 0.160. The van der Waals surface area contributed by atoms with Gasteiger partial charge in [0.15, 0.2) is 0 Å². The Morgan fingerprint density at radius 2 is 2.00 bits per heavy atom. The first kappa shape index (κ1) is 13.4. The first-order chi connectivity index (χ1) is 9.54. The van der Waals surface area contributed by atoms with Crippen LogP contribution in [0.4, 0.5) is 4.39 Å². The minimum atomic E-state index is -0.288. The van der Waals surface area contributed by atoms with Crippen LogP contribution >= 0.6 is 11.6 Å². The van der Waals surface area contributed by atoms with Crippen molar-refractivity contribution in [3.63, 3.8) is 0 Å². The first-order valence-electron chi connectivity index (χ1n) is 6.52. The molecule has 0 fully saturated rings. The zero-order chi connectivity index (χ0) is 14.3. The summed E-state index contributed by atoms with van der Waals surface area (Å²) < 4.78 is 19.2. The van der Waals surface area contributed by atoms with Crippen LogP contribution in [0, 0.1) is 12.7 Å². The molecule has 3 rings (SSSR count).